The summed E-state index contributed by atoms with van der Waals surface area (Å²) in [6.45, 7) is 3.68. The normalized spacial score (nSPS) is 11.1. The molecule has 1 aromatic carbocycles. The van der Waals surface area contributed by atoms with Crippen LogP contribution in [0, 0.1) is 6.92 Å². The van der Waals surface area contributed by atoms with Crippen LogP contribution in [0.5, 0.6) is 0 Å². The van der Waals surface area contributed by atoms with Crippen molar-refractivity contribution in [3.8, 4) is 0 Å². The molecule has 0 amide bonds. The van der Waals surface area contributed by atoms with Gasteiger partial charge in [0, 0.05) is 30.3 Å². The van der Waals surface area contributed by atoms with Gasteiger partial charge in [-0.1, -0.05) is 17.7 Å². The first kappa shape index (κ1) is 10.5. The molecule has 3 heteroatoms. The van der Waals surface area contributed by atoms with Crippen LogP contribution in [0.4, 0.5) is 0 Å². The lowest BCUT2D eigenvalue weighted by molar-refractivity contribution is 0.188. The summed E-state index contributed by atoms with van der Waals surface area (Å²) in [6.07, 6.45) is 2.06. The molecule has 0 N–H and O–H groups in total. The molecule has 0 aliphatic heterocycles. The van der Waals surface area contributed by atoms with Gasteiger partial charge in [0.1, 0.15) is 0 Å². The highest BCUT2D eigenvalue weighted by atomic mass is 35.5. The van der Waals surface area contributed by atoms with E-state index in [-0.39, 0.29) is 0 Å². The van der Waals surface area contributed by atoms with E-state index in [4.69, 9.17) is 16.3 Å². The molecule has 1 heterocycles. The van der Waals surface area contributed by atoms with Crippen LogP contribution < -0.4 is 0 Å². The van der Waals surface area contributed by atoms with E-state index in [9.17, 15) is 0 Å². The van der Waals surface area contributed by atoms with Gasteiger partial charge in [-0.2, -0.15) is 0 Å². The van der Waals surface area contributed by atoms with Crippen LogP contribution in [0.2, 0.25) is 5.02 Å². The third kappa shape index (κ3) is 1.87. The summed E-state index contributed by atoms with van der Waals surface area (Å²) < 4.78 is 7.26. The van der Waals surface area contributed by atoms with E-state index in [0.717, 1.165) is 23.6 Å². The molecule has 80 valence electrons. The lowest BCUT2D eigenvalue weighted by atomic mass is 10.2. The van der Waals surface area contributed by atoms with Crippen LogP contribution in [0.3, 0.4) is 0 Å². The van der Waals surface area contributed by atoms with Crippen LogP contribution in [-0.4, -0.2) is 18.3 Å². The van der Waals surface area contributed by atoms with Gasteiger partial charge in [-0.25, -0.2) is 0 Å². The quantitative estimate of drug-likeness (QED) is 0.779. The van der Waals surface area contributed by atoms with Crippen molar-refractivity contribution in [1.82, 2.24) is 4.57 Å². The van der Waals surface area contributed by atoms with Crippen LogP contribution >= 0.6 is 11.6 Å². The average molecular weight is 224 g/mol. The number of ether oxygens (including phenoxy) is 1. The third-order valence-corrected chi connectivity index (χ3v) is 2.94. The molecule has 0 aliphatic carbocycles. The zero-order valence-electron chi connectivity index (χ0n) is 8.96. The Morgan fingerprint density at radius 1 is 1.33 bits per heavy atom. The minimum Gasteiger partial charge on any atom is -0.383 e. The summed E-state index contributed by atoms with van der Waals surface area (Å²) in [5, 5.41) is 1.93. The molecular weight excluding hydrogens is 210 g/mol. The Bertz CT molecular complexity index is 476. The molecular formula is C12H14ClNO. The zero-order valence-corrected chi connectivity index (χ0v) is 9.71. The molecule has 2 rings (SSSR count). The first-order valence-electron chi connectivity index (χ1n) is 4.97. The molecule has 15 heavy (non-hydrogen) atoms. The number of nitrogens with zero attached hydrogens (tertiary/aromatic N) is 1. The molecule has 0 aliphatic rings. The second kappa shape index (κ2) is 4.25. The number of benzene rings is 1. The van der Waals surface area contributed by atoms with Crippen molar-refractivity contribution in [3.63, 3.8) is 0 Å². The van der Waals surface area contributed by atoms with Crippen molar-refractivity contribution in [3.05, 3.63) is 35.0 Å². The molecule has 0 bridgehead atoms. The Morgan fingerprint density at radius 3 is 2.87 bits per heavy atom. The van der Waals surface area contributed by atoms with E-state index < -0.39 is 0 Å². The van der Waals surface area contributed by atoms with Gasteiger partial charge in [0.15, 0.2) is 0 Å². The van der Waals surface area contributed by atoms with Gasteiger partial charge in [0.25, 0.3) is 0 Å². The molecule has 0 atom stereocenters. The van der Waals surface area contributed by atoms with E-state index >= 15 is 0 Å². The maximum Gasteiger partial charge on any atom is 0.0641 e. The summed E-state index contributed by atoms with van der Waals surface area (Å²) in [5.41, 5.74) is 2.45. The fraction of sp³-hybridized carbons (Fsp3) is 0.333. The Balaban J connectivity index is 2.53. The van der Waals surface area contributed by atoms with Crippen LogP contribution in [0.1, 0.15) is 5.56 Å². The van der Waals surface area contributed by atoms with Crippen molar-refractivity contribution in [2.45, 2.75) is 13.5 Å². The van der Waals surface area contributed by atoms with Gasteiger partial charge >= 0.3 is 0 Å². The van der Waals surface area contributed by atoms with Gasteiger partial charge in [-0.15, -0.1) is 0 Å². The second-order valence-corrected chi connectivity index (χ2v) is 4.04. The Labute approximate surface area is 94.4 Å². The highest BCUT2D eigenvalue weighted by Gasteiger charge is 2.06. The average Bonchev–Trinajstić information content (AvgIpc) is 2.65. The minimum atomic E-state index is 0.718. The first-order valence-corrected chi connectivity index (χ1v) is 5.34. The number of hydrogen-bond donors (Lipinski definition) is 0. The fourth-order valence-electron chi connectivity index (χ4n) is 1.85. The van der Waals surface area contributed by atoms with E-state index in [0.29, 0.717) is 0 Å². The third-order valence-electron chi connectivity index (χ3n) is 2.61. The second-order valence-electron chi connectivity index (χ2n) is 3.63. The smallest absolute Gasteiger partial charge is 0.0641 e. The Hall–Kier alpha value is -0.990. The highest BCUT2D eigenvalue weighted by Crippen LogP contribution is 2.27. The van der Waals surface area contributed by atoms with Gasteiger partial charge < -0.3 is 9.30 Å². The monoisotopic (exact) mass is 223 g/mol. The highest BCUT2D eigenvalue weighted by molar-refractivity contribution is 6.35. The lowest BCUT2D eigenvalue weighted by Gasteiger charge is -2.07. The van der Waals surface area contributed by atoms with Gasteiger partial charge in [0.05, 0.1) is 12.1 Å². The number of halogens is 1. The number of rotatable bonds is 3. The Kier molecular flexibility index (Phi) is 2.98. The van der Waals surface area contributed by atoms with Crippen molar-refractivity contribution in [1.29, 1.82) is 0 Å². The number of methoxy groups -OCH3 is 1. The van der Waals surface area contributed by atoms with Crippen molar-refractivity contribution in [2.75, 3.05) is 13.7 Å². The Morgan fingerprint density at radius 2 is 2.13 bits per heavy atom. The largest absolute Gasteiger partial charge is 0.383 e. The summed E-state index contributed by atoms with van der Waals surface area (Å²) in [4.78, 5) is 0. The summed E-state index contributed by atoms with van der Waals surface area (Å²) in [7, 11) is 1.71. The standard InChI is InChI=1S/C12H14ClNO/c1-9-3-4-11(13)10-5-6-14(12(9)10)7-8-15-2/h3-6H,7-8H2,1-2H3. The van der Waals surface area contributed by atoms with E-state index in [1.54, 1.807) is 7.11 Å². The lowest BCUT2D eigenvalue weighted by Crippen LogP contribution is -2.03. The summed E-state index contributed by atoms with van der Waals surface area (Å²) in [5.74, 6) is 0. The van der Waals surface area contributed by atoms with Crippen molar-refractivity contribution >= 4 is 22.5 Å². The molecule has 0 spiro atoms. The molecule has 2 nitrogen and oxygen atoms in total. The van der Waals surface area contributed by atoms with E-state index in [1.165, 1.54) is 11.1 Å². The molecule has 0 fully saturated rings. The van der Waals surface area contributed by atoms with E-state index in [2.05, 4.69) is 23.8 Å². The van der Waals surface area contributed by atoms with Crippen LogP contribution in [0.25, 0.3) is 10.9 Å². The molecule has 2 aromatic rings. The SMILES string of the molecule is COCCn1ccc2c(Cl)ccc(C)c21. The van der Waals surface area contributed by atoms with Crippen LogP contribution in [0.15, 0.2) is 24.4 Å². The van der Waals surface area contributed by atoms with Gasteiger partial charge in [0.2, 0.25) is 0 Å². The van der Waals surface area contributed by atoms with Gasteiger partial charge in [-0.05, 0) is 24.6 Å². The fourth-order valence-corrected chi connectivity index (χ4v) is 2.06. The number of hydrogen-bond acceptors (Lipinski definition) is 1. The maximum atomic E-state index is 6.13. The van der Waals surface area contributed by atoms with Crippen molar-refractivity contribution < 1.29 is 4.74 Å². The van der Waals surface area contributed by atoms with Crippen molar-refractivity contribution in [2.24, 2.45) is 0 Å². The molecule has 0 unspecified atom stereocenters. The minimum absolute atomic E-state index is 0.718. The van der Waals surface area contributed by atoms with Crippen LogP contribution in [-0.2, 0) is 11.3 Å². The van der Waals surface area contributed by atoms with E-state index in [1.807, 2.05) is 12.1 Å². The molecule has 0 saturated carbocycles. The number of fused-ring (bicyclic) bond motifs is 1. The van der Waals surface area contributed by atoms with Gasteiger partial charge in [-0.3, -0.25) is 0 Å². The molecule has 0 radical (unpaired) electrons. The maximum absolute atomic E-state index is 6.13. The summed E-state index contributed by atoms with van der Waals surface area (Å²) >= 11 is 6.13. The predicted octanol–water partition coefficient (Wildman–Crippen LogP) is 3.25. The first-order chi connectivity index (χ1) is 7.24. The predicted molar refractivity (Wildman–Crippen MR) is 63.6 cm³/mol. The summed E-state index contributed by atoms with van der Waals surface area (Å²) in [6, 6.07) is 6.05. The molecule has 1 aromatic heterocycles. The number of aryl methyl sites for hydroxylation is 1. The molecule has 0 saturated heterocycles. The zero-order chi connectivity index (χ0) is 10.8. The number of aromatic nitrogens is 1. The topological polar surface area (TPSA) is 14.2 Å².